The molecule has 3 heteroatoms. The molecular formula is C27H41NO2. The second-order valence-corrected chi connectivity index (χ2v) is 12.2. The predicted molar refractivity (Wildman–Crippen MR) is 120 cm³/mol. The highest BCUT2D eigenvalue weighted by atomic mass is 16.5. The molecule has 2 aliphatic heterocycles. The van der Waals surface area contributed by atoms with Crippen LogP contribution in [0, 0.1) is 35.0 Å². The van der Waals surface area contributed by atoms with E-state index < -0.39 is 0 Å². The van der Waals surface area contributed by atoms with Crippen molar-refractivity contribution >= 4 is 0 Å². The smallest absolute Gasteiger partial charge is 0.0937 e. The number of piperidine rings is 1. The van der Waals surface area contributed by atoms with Crippen molar-refractivity contribution in [3.05, 3.63) is 22.8 Å². The van der Waals surface area contributed by atoms with Crippen LogP contribution in [0.4, 0.5) is 0 Å². The first-order valence-corrected chi connectivity index (χ1v) is 12.8. The topological polar surface area (TPSA) is 41.5 Å². The van der Waals surface area contributed by atoms with Crippen LogP contribution in [-0.2, 0) is 4.74 Å². The van der Waals surface area contributed by atoms with Gasteiger partial charge in [0.15, 0.2) is 0 Å². The van der Waals surface area contributed by atoms with Gasteiger partial charge in [-0.2, -0.15) is 0 Å². The molecule has 0 radical (unpaired) electrons. The Hall–Kier alpha value is -0.640. The van der Waals surface area contributed by atoms with Gasteiger partial charge >= 0.3 is 0 Å². The molecule has 2 saturated heterocycles. The lowest BCUT2D eigenvalue weighted by Gasteiger charge is -2.49. The molecule has 0 unspecified atom stereocenters. The fourth-order valence-electron chi connectivity index (χ4n) is 9.09. The average molecular weight is 412 g/mol. The van der Waals surface area contributed by atoms with Crippen LogP contribution in [-0.4, -0.2) is 35.5 Å². The SMILES string of the molecule is CC1=C2C[C@H]3[C@@H](CC=C4C[C@@H](O)CC[C@@]43C)[C@@H]2CC[C@]12O[C@@H]1C[C@H](C)CN[C@H]1[C@@H]2C. The number of allylic oxidation sites excluding steroid dienone is 2. The number of ether oxygens (including phenoxy) is 1. The van der Waals surface area contributed by atoms with Crippen molar-refractivity contribution in [2.45, 2.75) is 103 Å². The summed E-state index contributed by atoms with van der Waals surface area (Å²) >= 11 is 0. The monoisotopic (exact) mass is 411 g/mol. The number of aliphatic hydroxyl groups is 1. The molecular weight excluding hydrogens is 370 g/mol. The summed E-state index contributed by atoms with van der Waals surface area (Å²) in [6, 6.07) is 0.530. The summed E-state index contributed by atoms with van der Waals surface area (Å²) in [6.45, 7) is 10.9. The van der Waals surface area contributed by atoms with Crippen molar-refractivity contribution in [1.82, 2.24) is 5.32 Å². The highest BCUT2D eigenvalue weighted by Gasteiger charge is 2.60. The zero-order valence-corrected chi connectivity index (χ0v) is 19.4. The molecule has 0 bridgehead atoms. The molecule has 0 aromatic heterocycles. The van der Waals surface area contributed by atoms with Crippen LogP contribution < -0.4 is 5.32 Å². The highest BCUT2D eigenvalue weighted by Crippen LogP contribution is 2.65. The maximum atomic E-state index is 10.3. The Labute approximate surface area is 182 Å². The van der Waals surface area contributed by atoms with E-state index in [2.05, 4.69) is 39.1 Å². The van der Waals surface area contributed by atoms with Gasteiger partial charge in [-0.1, -0.05) is 38.0 Å². The Morgan fingerprint density at radius 3 is 2.83 bits per heavy atom. The zero-order valence-electron chi connectivity index (χ0n) is 19.4. The molecule has 6 rings (SSSR count). The molecule has 0 aromatic carbocycles. The standard InChI is InChI=1S/C27H41NO2/c1-15-11-24-25(28-14-15)17(3)27(30-24)10-8-20-21-6-5-18-12-19(29)7-9-26(18,4)23(21)13-22(20)16(27)2/h5,15,17,19-21,23-25,28-29H,6-14H2,1-4H3/t15-,17-,19-,20-,21-,23-,24+,25-,26-,27-/m0/s1. The van der Waals surface area contributed by atoms with E-state index in [9.17, 15) is 5.11 Å². The van der Waals surface area contributed by atoms with Crippen LogP contribution in [0.3, 0.4) is 0 Å². The Morgan fingerprint density at radius 1 is 1.17 bits per heavy atom. The Morgan fingerprint density at radius 2 is 2.00 bits per heavy atom. The third kappa shape index (κ3) is 2.55. The van der Waals surface area contributed by atoms with Gasteiger partial charge in [0.25, 0.3) is 0 Å². The van der Waals surface area contributed by atoms with Crippen LogP contribution in [0.15, 0.2) is 22.8 Å². The highest BCUT2D eigenvalue weighted by molar-refractivity contribution is 5.38. The molecule has 0 aromatic rings. The summed E-state index contributed by atoms with van der Waals surface area (Å²) in [5.41, 5.74) is 5.25. The molecule has 1 spiro atoms. The first-order valence-electron chi connectivity index (χ1n) is 12.8. The Kier molecular flexibility index (Phi) is 4.46. The summed E-state index contributed by atoms with van der Waals surface area (Å²) in [6.07, 6.45) is 12.2. The largest absolute Gasteiger partial charge is 0.393 e. The summed E-state index contributed by atoms with van der Waals surface area (Å²) in [5, 5.41) is 14.1. The lowest BCUT2D eigenvalue weighted by molar-refractivity contribution is -0.0549. The number of fused-ring (bicyclic) bond motifs is 6. The molecule has 2 N–H and O–H groups in total. The minimum atomic E-state index is -0.111. The van der Waals surface area contributed by atoms with E-state index >= 15 is 0 Å². The van der Waals surface area contributed by atoms with Crippen molar-refractivity contribution in [2.24, 2.45) is 35.0 Å². The van der Waals surface area contributed by atoms with E-state index in [1.807, 2.05) is 0 Å². The van der Waals surface area contributed by atoms with E-state index in [-0.39, 0.29) is 11.7 Å². The van der Waals surface area contributed by atoms with E-state index in [0.717, 1.165) is 43.1 Å². The fraction of sp³-hybridized carbons (Fsp3) is 0.852. The molecule has 2 heterocycles. The normalized spacial score (nSPS) is 55.0. The van der Waals surface area contributed by atoms with E-state index in [1.54, 1.807) is 16.7 Å². The Bertz CT molecular complexity index is 801. The lowest BCUT2D eigenvalue weighted by Crippen LogP contribution is -2.49. The zero-order chi connectivity index (χ0) is 20.8. The molecule has 4 aliphatic carbocycles. The van der Waals surface area contributed by atoms with Crippen molar-refractivity contribution in [2.75, 3.05) is 6.54 Å². The van der Waals surface area contributed by atoms with Gasteiger partial charge in [-0.3, -0.25) is 0 Å². The van der Waals surface area contributed by atoms with Crippen molar-refractivity contribution < 1.29 is 9.84 Å². The van der Waals surface area contributed by atoms with Gasteiger partial charge in [0.2, 0.25) is 0 Å². The van der Waals surface area contributed by atoms with Gasteiger partial charge in [0.1, 0.15) is 0 Å². The van der Waals surface area contributed by atoms with Crippen LogP contribution in [0.25, 0.3) is 0 Å². The number of nitrogens with one attached hydrogen (secondary N) is 1. The minimum absolute atomic E-state index is 0.0222. The minimum Gasteiger partial charge on any atom is -0.393 e. The van der Waals surface area contributed by atoms with Gasteiger partial charge in [-0.25, -0.2) is 0 Å². The third-order valence-corrected chi connectivity index (χ3v) is 10.9. The summed E-state index contributed by atoms with van der Waals surface area (Å²) < 4.78 is 7.03. The summed E-state index contributed by atoms with van der Waals surface area (Å²) in [7, 11) is 0. The third-order valence-electron chi connectivity index (χ3n) is 10.9. The number of hydrogen-bond acceptors (Lipinski definition) is 3. The maximum Gasteiger partial charge on any atom is 0.0937 e. The van der Waals surface area contributed by atoms with Gasteiger partial charge in [0.05, 0.1) is 17.8 Å². The van der Waals surface area contributed by atoms with Crippen LogP contribution in [0.1, 0.15) is 79.1 Å². The molecule has 166 valence electrons. The summed E-state index contributed by atoms with van der Waals surface area (Å²) in [5.74, 6) is 3.64. The fourth-order valence-corrected chi connectivity index (χ4v) is 9.09. The quantitative estimate of drug-likeness (QED) is 0.551. The van der Waals surface area contributed by atoms with Gasteiger partial charge in [0, 0.05) is 12.0 Å². The molecule has 4 fully saturated rings. The first kappa shape index (κ1) is 20.0. The van der Waals surface area contributed by atoms with Gasteiger partial charge < -0.3 is 15.2 Å². The van der Waals surface area contributed by atoms with Gasteiger partial charge in [-0.05, 0) is 99.5 Å². The van der Waals surface area contributed by atoms with E-state index in [0.29, 0.717) is 23.5 Å². The Balaban J connectivity index is 1.34. The first-order chi connectivity index (χ1) is 14.3. The van der Waals surface area contributed by atoms with Crippen LogP contribution in [0.5, 0.6) is 0 Å². The van der Waals surface area contributed by atoms with E-state index in [1.165, 1.54) is 38.5 Å². The van der Waals surface area contributed by atoms with Crippen molar-refractivity contribution in [3.63, 3.8) is 0 Å². The molecule has 10 atom stereocenters. The number of hydrogen-bond donors (Lipinski definition) is 2. The van der Waals surface area contributed by atoms with Crippen molar-refractivity contribution in [1.29, 1.82) is 0 Å². The number of aliphatic hydroxyl groups excluding tert-OH is 1. The molecule has 30 heavy (non-hydrogen) atoms. The van der Waals surface area contributed by atoms with Gasteiger partial charge in [-0.15, -0.1) is 0 Å². The predicted octanol–water partition coefficient (Wildman–Crippen LogP) is 5.00. The maximum absolute atomic E-state index is 10.3. The van der Waals surface area contributed by atoms with Crippen LogP contribution in [0.2, 0.25) is 0 Å². The van der Waals surface area contributed by atoms with Crippen molar-refractivity contribution in [3.8, 4) is 0 Å². The molecule has 2 saturated carbocycles. The lowest BCUT2D eigenvalue weighted by atomic mass is 9.56. The molecule has 0 amide bonds. The number of rotatable bonds is 0. The van der Waals surface area contributed by atoms with E-state index in [4.69, 9.17) is 4.74 Å². The second-order valence-electron chi connectivity index (χ2n) is 12.2. The molecule has 3 nitrogen and oxygen atoms in total. The summed E-state index contributed by atoms with van der Waals surface area (Å²) in [4.78, 5) is 0. The molecule has 6 aliphatic rings. The average Bonchev–Trinajstić information content (AvgIpc) is 3.23. The van der Waals surface area contributed by atoms with Crippen LogP contribution >= 0.6 is 0 Å². The second kappa shape index (κ2) is 6.68.